The average molecular weight is 429 g/mol. The topological polar surface area (TPSA) is 64.1 Å². The Balaban J connectivity index is 1.46. The lowest BCUT2D eigenvalue weighted by atomic mass is 10.1. The number of nitrogens with zero attached hydrogens (tertiary/aromatic N) is 2. The molecule has 1 amide bonds. The number of aryl methyl sites for hydroxylation is 1. The van der Waals surface area contributed by atoms with Crippen LogP contribution in [0, 0.1) is 6.92 Å². The number of benzene rings is 2. The van der Waals surface area contributed by atoms with Crippen LogP contribution in [0.25, 0.3) is 11.3 Å². The van der Waals surface area contributed by atoms with Gasteiger partial charge in [0.25, 0.3) is 0 Å². The minimum absolute atomic E-state index is 0.113. The fourth-order valence-corrected chi connectivity index (χ4v) is 3.46. The highest BCUT2D eigenvalue weighted by Gasteiger charge is 2.09. The number of carbonyl (C=O) groups is 1. The van der Waals surface area contributed by atoms with Crippen LogP contribution >= 0.6 is 11.8 Å². The first-order valence-corrected chi connectivity index (χ1v) is 10.3. The van der Waals surface area contributed by atoms with Crippen LogP contribution in [0.3, 0.4) is 0 Å². The molecule has 0 atom stereocenters. The maximum atomic E-state index is 12.2. The van der Waals surface area contributed by atoms with E-state index in [1.807, 2.05) is 43.3 Å². The number of alkyl halides is 2. The third kappa shape index (κ3) is 6.81. The number of carbonyl (C=O) groups excluding carboxylic acids is 1. The summed E-state index contributed by atoms with van der Waals surface area (Å²) in [7, 11) is 0. The van der Waals surface area contributed by atoms with Gasteiger partial charge in [-0.25, -0.2) is 9.97 Å². The minimum Gasteiger partial charge on any atom is -0.435 e. The molecule has 0 saturated carbocycles. The van der Waals surface area contributed by atoms with Crippen molar-refractivity contribution in [2.24, 2.45) is 0 Å². The third-order valence-corrected chi connectivity index (χ3v) is 4.97. The van der Waals surface area contributed by atoms with Gasteiger partial charge in [0.05, 0.1) is 11.4 Å². The van der Waals surface area contributed by atoms with Crippen molar-refractivity contribution >= 4 is 17.7 Å². The standard InChI is InChI=1S/C22H21F2N3O2S/c1-15-13-19(17-5-3-2-4-6-17)27-22(26-15)30-14-20(28)25-12-11-16-7-9-18(10-8-16)29-21(23)24/h2-10,13,21H,11-12,14H2,1H3,(H,25,28). The van der Waals surface area contributed by atoms with Gasteiger partial charge in [-0.05, 0) is 37.1 Å². The van der Waals surface area contributed by atoms with Crippen molar-refractivity contribution in [2.45, 2.75) is 25.1 Å². The smallest absolute Gasteiger partial charge is 0.387 e. The van der Waals surface area contributed by atoms with E-state index in [1.54, 1.807) is 12.1 Å². The van der Waals surface area contributed by atoms with E-state index in [0.29, 0.717) is 18.1 Å². The Morgan fingerprint density at radius 1 is 1.10 bits per heavy atom. The molecule has 5 nitrogen and oxygen atoms in total. The summed E-state index contributed by atoms with van der Waals surface area (Å²) in [5.41, 5.74) is 3.58. The van der Waals surface area contributed by atoms with Crippen molar-refractivity contribution in [3.05, 3.63) is 71.9 Å². The van der Waals surface area contributed by atoms with Gasteiger partial charge in [-0.3, -0.25) is 4.79 Å². The van der Waals surface area contributed by atoms with Gasteiger partial charge in [0.1, 0.15) is 5.75 Å². The number of nitrogens with one attached hydrogen (secondary N) is 1. The minimum atomic E-state index is -2.84. The summed E-state index contributed by atoms with van der Waals surface area (Å²) < 4.78 is 28.6. The molecular formula is C22H21F2N3O2S. The summed E-state index contributed by atoms with van der Waals surface area (Å²) in [6.07, 6.45) is 0.588. The van der Waals surface area contributed by atoms with Crippen molar-refractivity contribution in [2.75, 3.05) is 12.3 Å². The van der Waals surface area contributed by atoms with Crippen LogP contribution in [0.2, 0.25) is 0 Å². The maximum Gasteiger partial charge on any atom is 0.387 e. The molecule has 1 heterocycles. The summed E-state index contributed by atoms with van der Waals surface area (Å²) >= 11 is 1.28. The maximum absolute atomic E-state index is 12.2. The summed E-state index contributed by atoms with van der Waals surface area (Å²) in [6, 6.07) is 18.1. The predicted molar refractivity (Wildman–Crippen MR) is 113 cm³/mol. The fourth-order valence-electron chi connectivity index (χ4n) is 2.73. The van der Waals surface area contributed by atoms with Gasteiger partial charge in [0.2, 0.25) is 5.91 Å². The lowest BCUT2D eigenvalue weighted by molar-refractivity contribution is -0.118. The molecule has 2 aromatic carbocycles. The Morgan fingerprint density at radius 2 is 1.83 bits per heavy atom. The molecule has 156 valence electrons. The van der Waals surface area contributed by atoms with E-state index in [1.165, 1.54) is 23.9 Å². The van der Waals surface area contributed by atoms with Crippen molar-refractivity contribution < 1.29 is 18.3 Å². The molecule has 0 aliphatic carbocycles. The monoisotopic (exact) mass is 429 g/mol. The highest BCUT2D eigenvalue weighted by Crippen LogP contribution is 2.21. The van der Waals surface area contributed by atoms with Gasteiger partial charge in [0, 0.05) is 17.8 Å². The van der Waals surface area contributed by atoms with Gasteiger partial charge in [-0.2, -0.15) is 8.78 Å². The second-order valence-corrected chi connectivity index (χ2v) is 7.40. The molecule has 0 radical (unpaired) electrons. The second-order valence-electron chi connectivity index (χ2n) is 6.45. The first kappa shape index (κ1) is 21.7. The molecule has 3 rings (SSSR count). The Kier molecular flexibility index (Phi) is 7.73. The summed E-state index contributed by atoms with van der Waals surface area (Å²) in [6.45, 7) is -0.498. The lowest BCUT2D eigenvalue weighted by Gasteiger charge is -2.08. The first-order chi connectivity index (χ1) is 14.5. The van der Waals surface area contributed by atoms with Gasteiger partial charge >= 0.3 is 6.61 Å². The molecule has 0 aliphatic rings. The van der Waals surface area contributed by atoms with Crippen LogP contribution in [0.15, 0.2) is 65.8 Å². The van der Waals surface area contributed by atoms with Crippen LogP contribution in [-0.4, -0.2) is 34.8 Å². The van der Waals surface area contributed by atoms with E-state index in [0.717, 1.165) is 22.5 Å². The zero-order valence-electron chi connectivity index (χ0n) is 16.3. The SMILES string of the molecule is Cc1cc(-c2ccccc2)nc(SCC(=O)NCCc2ccc(OC(F)F)cc2)n1. The third-order valence-electron chi connectivity index (χ3n) is 4.12. The van der Waals surface area contributed by atoms with E-state index in [9.17, 15) is 13.6 Å². The molecule has 3 aromatic rings. The molecule has 0 fully saturated rings. The highest BCUT2D eigenvalue weighted by atomic mass is 32.2. The van der Waals surface area contributed by atoms with E-state index in [2.05, 4.69) is 20.0 Å². The molecule has 30 heavy (non-hydrogen) atoms. The molecule has 0 saturated heterocycles. The Bertz CT molecular complexity index is 970. The number of aromatic nitrogens is 2. The quantitative estimate of drug-likeness (QED) is 0.401. The number of halogens is 2. The second kappa shape index (κ2) is 10.7. The molecule has 1 aromatic heterocycles. The van der Waals surface area contributed by atoms with Gasteiger partial charge in [-0.15, -0.1) is 0 Å². The largest absolute Gasteiger partial charge is 0.435 e. The molecule has 0 aliphatic heterocycles. The van der Waals surface area contributed by atoms with Crippen LogP contribution in [0.5, 0.6) is 5.75 Å². The fraction of sp³-hybridized carbons (Fsp3) is 0.227. The predicted octanol–water partition coefficient (Wildman–Crippen LogP) is 4.50. The molecule has 0 bridgehead atoms. The number of hydrogen-bond donors (Lipinski definition) is 1. The van der Waals surface area contributed by atoms with Crippen LogP contribution in [0.1, 0.15) is 11.3 Å². The number of amides is 1. The number of hydrogen-bond acceptors (Lipinski definition) is 5. The molecular weight excluding hydrogens is 408 g/mol. The van der Waals surface area contributed by atoms with E-state index in [4.69, 9.17) is 0 Å². The molecule has 0 spiro atoms. The van der Waals surface area contributed by atoms with Crippen molar-refractivity contribution in [1.29, 1.82) is 0 Å². The Labute approximate surface area is 177 Å². The average Bonchev–Trinajstić information content (AvgIpc) is 2.73. The summed E-state index contributed by atoms with van der Waals surface area (Å²) in [5, 5.41) is 3.40. The van der Waals surface area contributed by atoms with Gasteiger partial charge < -0.3 is 10.1 Å². The zero-order chi connectivity index (χ0) is 21.3. The molecule has 1 N–H and O–H groups in total. The van der Waals surface area contributed by atoms with E-state index >= 15 is 0 Å². The van der Waals surface area contributed by atoms with E-state index in [-0.39, 0.29) is 17.4 Å². The highest BCUT2D eigenvalue weighted by molar-refractivity contribution is 7.99. The van der Waals surface area contributed by atoms with E-state index < -0.39 is 6.61 Å². The molecule has 8 heteroatoms. The lowest BCUT2D eigenvalue weighted by Crippen LogP contribution is -2.27. The number of thioether (sulfide) groups is 1. The Hall–Kier alpha value is -3.00. The van der Waals surface area contributed by atoms with Crippen molar-refractivity contribution in [3.8, 4) is 17.0 Å². The van der Waals surface area contributed by atoms with Crippen LogP contribution < -0.4 is 10.1 Å². The first-order valence-electron chi connectivity index (χ1n) is 9.34. The van der Waals surface area contributed by atoms with Crippen molar-refractivity contribution in [1.82, 2.24) is 15.3 Å². The van der Waals surface area contributed by atoms with Crippen LogP contribution in [-0.2, 0) is 11.2 Å². The summed E-state index contributed by atoms with van der Waals surface area (Å²) in [4.78, 5) is 21.1. The molecule has 0 unspecified atom stereocenters. The van der Waals surface area contributed by atoms with Crippen molar-refractivity contribution in [3.63, 3.8) is 0 Å². The normalized spacial score (nSPS) is 10.8. The van der Waals surface area contributed by atoms with Crippen LogP contribution in [0.4, 0.5) is 8.78 Å². The Morgan fingerprint density at radius 3 is 2.53 bits per heavy atom. The number of rotatable bonds is 9. The zero-order valence-corrected chi connectivity index (χ0v) is 17.2. The van der Waals surface area contributed by atoms with Gasteiger partial charge in [0.15, 0.2) is 5.16 Å². The number of ether oxygens (including phenoxy) is 1. The summed E-state index contributed by atoms with van der Waals surface area (Å²) in [5.74, 6) is 0.199. The van der Waals surface area contributed by atoms with Gasteiger partial charge in [-0.1, -0.05) is 54.2 Å².